The molecular formula is C20H13FN6O3. The third kappa shape index (κ3) is 2.58. The van der Waals surface area contributed by atoms with E-state index in [0.717, 1.165) is 4.68 Å². The van der Waals surface area contributed by atoms with Crippen LogP contribution in [0.15, 0.2) is 59.5 Å². The molecule has 0 atom stereocenters. The Kier molecular flexibility index (Phi) is 3.75. The molecule has 2 aliphatic rings. The number of rotatable bonds is 3. The van der Waals surface area contributed by atoms with Gasteiger partial charge in [-0.25, -0.2) is 4.39 Å². The van der Waals surface area contributed by atoms with E-state index in [4.69, 9.17) is 0 Å². The number of pyridine rings is 1. The van der Waals surface area contributed by atoms with E-state index < -0.39 is 16.3 Å². The lowest BCUT2D eigenvalue weighted by molar-refractivity contribution is -0.384. The molecule has 0 fully saturated rings. The van der Waals surface area contributed by atoms with E-state index in [1.807, 2.05) is 0 Å². The van der Waals surface area contributed by atoms with Crippen molar-refractivity contribution >= 4 is 16.7 Å². The minimum Gasteiger partial charge on any atom is -0.339 e. The fourth-order valence-electron chi connectivity index (χ4n) is 3.53. The van der Waals surface area contributed by atoms with Crippen LogP contribution in [0, 0.1) is 15.9 Å². The van der Waals surface area contributed by atoms with Gasteiger partial charge < -0.3 is 4.98 Å². The summed E-state index contributed by atoms with van der Waals surface area (Å²) in [6.07, 6.45) is 1.58. The number of H-pyrrole nitrogens is 1. The highest BCUT2D eigenvalue weighted by atomic mass is 19.1. The number of fused-ring (bicyclic) bond motifs is 3. The molecule has 3 heterocycles. The Bertz CT molecular complexity index is 1480. The van der Waals surface area contributed by atoms with Crippen LogP contribution >= 0.6 is 0 Å². The Hall–Kier alpha value is -4.34. The molecule has 0 radical (unpaired) electrons. The normalized spacial score (nSPS) is 11.4. The van der Waals surface area contributed by atoms with Gasteiger partial charge in [0.15, 0.2) is 0 Å². The topological polar surface area (TPSA) is 112 Å². The highest BCUT2D eigenvalue weighted by molar-refractivity contribution is 5.97. The van der Waals surface area contributed by atoms with Crippen molar-refractivity contribution in [2.75, 3.05) is 0 Å². The van der Waals surface area contributed by atoms with Crippen molar-refractivity contribution in [3.63, 3.8) is 0 Å². The van der Waals surface area contributed by atoms with Crippen molar-refractivity contribution in [1.29, 1.82) is 0 Å². The van der Waals surface area contributed by atoms with Crippen LogP contribution in [0.3, 0.4) is 0 Å². The summed E-state index contributed by atoms with van der Waals surface area (Å²) in [5.41, 5.74) is 1.72. The summed E-state index contributed by atoms with van der Waals surface area (Å²) >= 11 is 0. The van der Waals surface area contributed by atoms with Gasteiger partial charge in [0.05, 0.1) is 33.5 Å². The molecular weight excluding hydrogens is 391 g/mol. The predicted molar refractivity (Wildman–Crippen MR) is 107 cm³/mol. The number of aromatic nitrogens is 5. The zero-order chi connectivity index (χ0) is 21.0. The molecule has 5 rings (SSSR count). The first-order chi connectivity index (χ1) is 14.4. The average molecular weight is 404 g/mol. The summed E-state index contributed by atoms with van der Waals surface area (Å²) in [6, 6.07) is 11.5. The molecule has 0 amide bonds. The lowest BCUT2D eigenvalue weighted by atomic mass is 10.0. The highest BCUT2D eigenvalue weighted by Crippen LogP contribution is 2.35. The maximum absolute atomic E-state index is 13.7. The van der Waals surface area contributed by atoms with Crippen LogP contribution in [0.25, 0.3) is 39.2 Å². The largest absolute Gasteiger partial charge is 0.339 e. The summed E-state index contributed by atoms with van der Waals surface area (Å²) < 4.78 is 16.4. The van der Waals surface area contributed by atoms with Gasteiger partial charge in [-0.1, -0.05) is 18.2 Å². The molecule has 0 aliphatic carbocycles. The molecule has 1 aromatic heterocycles. The average Bonchev–Trinajstić information content (AvgIpc) is 3.28. The van der Waals surface area contributed by atoms with Gasteiger partial charge in [0.25, 0.3) is 11.2 Å². The second-order valence-corrected chi connectivity index (χ2v) is 6.76. The van der Waals surface area contributed by atoms with E-state index >= 15 is 0 Å². The minimum atomic E-state index is -0.502. The first-order valence-electron chi connectivity index (χ1n) is 8.91. The molecule has 0 unspecified atom stereocenters. The molecule has 0 saturated heterocycles. The van der Waals surface area contributed by atoms with Crippen LogP contribution < -0.4 is 5.56 Å². The summed E-state index contributed by atoms with van der Waals surface area (Å²) in [5.74, 6) is -0.497. The fraction of sp³-hybridized carbons (Fsp3) is 0.0500. The van der Waals surface area contributed by atoms with Crippen LogP contribution in [-0.2, 0) is 7.05 Å². The molecule has 0 saturated carbocycles. The molecule has 9 nitrogen and oxygen atoms in total. The van der Waals surface area contributed by atoms with Crippen molar-refractivity contribution in [3.05, 3.63) is 81.0 Å². The lowest BCUT2D eigenvalue weighted by Gasteiger charge is -2.08. The Morgan fingerprint density at radius 1 is 1.17 bits per heavy atom. The number of nitrogens with zero attached hydrogens (tertiary/aromatic N) is 5. The number of hydrogen-bond acceptors (Lipinski definition) is 5. The van der Waals surface area contributed by atoms with Crippen LogP contribution in [0.4, 0.5) is 10.1 Å². The quantitative estimate of drug-likeness (QED) is 0.366. The van der Waals surface area contributed by atoms with Gasteiger partial charge in [-0.05, 0) is 18.2 Å². The Labute approximate surface area is 167 Å². The van der Waals surface area contributed by atoms with Crippen molar-refractivity contribution in [1.82, 2.24) is 24.5 Å². The van der Waals surface area contributed by atoms with Crippen molar-refractivity contribution in [2.45, 2.75) is 0 Å². The van der Waals surface area contributed by atoms with Crippen LogP contribution in [0.1, 0.15) is 0 Å². The third-order valence-corrected chi connectivity index (χ3v) is 4.93. The molecule has 10 heteroatoms. The van der Waals surface area contributed by atoms with E-state index in [0.29, 0.717) is 28.0 Å². The zero-order valence-electron chi connectivity index (χ0n) is 15.5. The van der Waals surface area contributed by atoms with Crippen LogP contribution in [-0.4, -0.2) is 29.5 Å². The molecule has 2 aromatic carbocycles. The Morgan fingerprint density at radius 2 is 1.97 bits per heavy atom. The van der Waals surface area contributed by atoms with E-state index in [-0.39, 0.29) is 16.9 Å². The second kappa shape index (κ2) is 6.34. The highest BCUT2D eigenvalue weighted by Gasteiger charge is 2.26. The summed E-state index contributed by atoms with van der Waals surface area (Å²) in [7, 11) is 1.73. The monoisotopic (exact) mass is 404 g/mol. The number of nitrogens with one attached hydrogen (secondary N) is 1. The van der Waals surface area contributed by atoms with Crippen molar-refractivity contribution in [2.24, 2.45) is 7.05 Å². The van der Waals surface area contributed by atoms with Gasteiger partial charge in [-0.3, -0.25) is 19.6 Å². The molecule has 0 spiro atoms. The fourth-order valence-corrected chi connectivity index (χ4v) is 3.53. The maximum Gasteiger partial charge on any atom is 0.283 e. The second-order valence-electron chi connectivity index (χ2n) is 6.76. The number of aromatic amines is 1. The van der Waals surface area contributed by atoms with Crippen LogP contribution in [0.2, 0.25) is 0 Å². The first kappa shape index (κ1) is 17.7. The van der Waals surface area contributed by atoms with Crippen molar-refractivity contribution in [3.8, 4) is 28.2 Å². The summed E-state index contributed by atoms with van der Waals surface area (Å²) in [4.78, 5) is 27.2. The number of non-ortho nitro benzene ring substituents is 1. The third-order valence-electron chi connectivity index (χ3n) is 4.93. The van der Waals surface area contributed by atoms with Gasteiger partial charge in [0.1, 0.15) is 17.2 Å². The predicted octanol–water partition coefficient (Wildman–Crippen LogP) is 3.27. The zero-order valence-corrected chi connectivity index (χ0v) is 15.5. The Balaban J connectivity index is 1.88. The smallest absolute Gasteiger partial charge is 0.283 e. The maximum atomic E-state index is 13.7. The Morgan fingerprint density at radius 3 is 2.73 bits per heavy atom. The molecule has 1 N–H and O–H groups in total. The van der Waals surface area contributed by atoms with Gasteiger partial charge in [-0.15, -0.1) is 0 Å². The minimum absolute atomic E-state index is 0.107. The molecule has 3 aromatic rings. The lowest BCUT2D eigenvalue weighted by Crippen LogP contribution is -2.15. The van der Waals surface area contributed by atoms with Gasteiger partial charge in [-0.2, -0.15) is 14.9 Å². The number of hydrogen-bond donors (Lipinski definition) is 1. The van der Waals surface area contributed by atoms with Crippen molar-refractivity contribution < 1.29 is 9.31 Å². The summed E-state index contributed by atoms with van der Waals surface area (Å²) in [5, 5.41) is 20.5. The molecule has 148 valence electrons. The molecule has 30 heavy (non-hydrogen) atoms. The summed E-state index contributed by atoms with van der Waals surface area (Å²) in [6.45, 7) is 0. The molecule has 2 aliphatic heterocycles. The van der Waals surface area contributed by atoms with E-state index in [9.17, 15) is 19.3 Å². The number of nitro groups is 1. The SMILES string of the molecule is Cn1ncc2c3nn(-c4cccc(F)c4)c(=O)c-3c(-c3cccc([N+](=O)[O-])c3)[nH]c21. The van der Waals surface area contributed by atoms with Gasteiger partial charge in [0.2, 0.25) is 0 Å². The number of nitro benzene ring substituents is 1. The van der Waals surface area contributed by atoms with Gasteiger partial charge >= 0.3 is 0 Å². The number of halogens is 1. The first-order valence-corrected chi connectivity index (χ1v) is 8.91. The van der Waals surface area contributed by atoms with E-state index in [2.05, 4.69) is 15.2 Å². The van der Waals surface area contributed by atoms with Crippen LogP contribution in [0.5, 0.6) is 0 Å². The number of benzene rings is 2. The van der Waals surface area contributed by atoms with E-state index in [1.54, 1.807) is 36.1 Å². The standard InChI is InChI=1S/C20H13FN6O3/c1-25-19-15(10-22-25)18-16(17(23-19)11-4-2-7-14(8-11)27(29)30)20(28)26(24-18)13-6-3-5-12(21)9-13/h2-10,23H,1H3. The van der Waals surface area contributed by atoms with Gasteiger partial charge in [0, 0.05) is 24.7 Å². The number of aryl methyl sites for hydroxylation is 1. The van der Waals surface area contributed by atoms with E-state index in [1.165, 1.54) is 30.3 Å². The molecule has 0 bridgehead atoms.